The van der Waals surface area contributed by atoms with Gasteiger partial charge in [-0.05, 0) is 24.3 Å². The summed E-state index contributed by atoms with van der Waals surface area (Å²) in [6.45, 7) is 1.49. The maximum Gasteiger partial charge on any atom is 0.0723 e. The van der Waals surface area contributed by atoms with Crippen LogP contribution in [0.5, 0.6) is 0 Å². The van der Waals surface area contributed by atoms with E-state index in [2.05, 4.69) is 32.3 Å². The van der Waals surface area contributed by atoms with E-state index in [0.717, 1.165) is 27.6 Å². The number of benzene rings is 1. The fourth-order valence-electron chi connectivity index (χ4n) is 1.56. The van der Waals surface area contributed by atoms with Crippen molar-refractivity contribution in [3.8, 4) is 0 Å². The maximum absolute atomic E-state index is 5.01. The van der Waals surface area contributed by atoms with Crippen LogP contribution in [0.3, 0.4) is 0 Å². The molecular weight excluding hydrogens is 268 g/mol. The van der Waals surface area contributed by atoms with E-state index in [1.165, 1.54) is 0 Å². The minimum atomic E-state index is 0.692. The van der Waals surface area contributed by atoms with Gasteiger partial charge in [-0.3, -0.25) is 4.98 Å². The second kappa shape index (κ2) is 5.27. The number of fused-ring (bicyclic) bond motifs is 1. The highest BCUT2D eigenvalue weighted by Crippen LogP contribution is 2.24. The molecule has 0 bridgehead atoms. The standard InChI is InChI=1S/C12H13BrN2O/c1-16-7-6-15-12-4-5-14-11-3-2-9(13)8-10(11)12/h2-5,8H,6-7H2,1H3,(H,14,15). The second-order valence-electron chi connectivity index (χ2n) is 3.44. The van der Waals surface area contributed by atoms with Crippen molar-refractivity contribution in [3.05, 3.63) is 34.9 Å². The Morgan fingerprint density at radius 1 is 1.38 bits per heavy atom. The molecular formula is C12H13BrN2O. The van der Waals surface area contributed by atoms with Crippen molar-refractivity contribution >= 4 is 32.5 Å². The van der Waals surface area contributed by atoms with Crippen molar-refractivity contribution in [3.63, 3.8) is 0 Å². The number of methoxy groups -OCH3 is 1. The van der Waals surface area contributed by atoms with Gasteiger partial charge in [0.15, 0.2) is 0 Å². The summed E-state index contributed by atoms with van der Waals surface area (Å²) in [6.07, 6.45) is 1.81. The summed E-state index contributed by atoms with van der Waals surface area (Å²) in [5.74, 6) is 0. The number of nitrogens with one attached hydrogen (secondary N) is 1. The molecule has 1 aromatic heterocycles. The summed E-state index contributed by atoms with van der Waals surface area (Å²) in [5.41, 5.74) is 2.08. The Hall–Kier alpha value is -1.13. The summed E-state index contributed by atoms with van der Waals surface area (Å²) in [4.78, 5) is 4.32. The highest BCUT2D eigenvalue weighted by Gasteiger charge is 2.01. The minimum Gasteiger partial charge on any atom is -0.383 e. The van der Waals surface area contributed by atoms with Crippen molar-refractivity contribution < 1.29 is 4.74 Å². The Balaban J connectivity index is 2.32. The van der Waals surface area contributed by atoms with E-state index in [1.54, 1.807) is 7.11 Å². The summed E-state index contributed by atoms with van der Waals surface area (Å²) in [6, 6.07) is 8.04. The molecule has 1 N–H and O–H groups in total. The van der Waals surface area contributed by atoms with Gasteiger partial charge in [-0.1, -0.05) is 15.9 Å². The minimum absolute atomic E-state index is 0.692. The average molecular weight is 281 g/mol. The topological polar surface area (TPSA) is 34.1 Å². The lowest BCUT2D eigenvalue weighted by Gasteiger charge is -2.08. The van der Waals surface area contributed by atoms with Crippen LogP contribution < -0.4 is 5.32 Å². The SMILES string of the molecule is COCCNc1ccnc2ccc(Br)cc12. The van der Waals surface area contributed by atoms with Crippen molar-refractivity contribution in [1.29, 1.82) is 0 Å². The van der Waals surface area contributed by atoms with Gasteiger partial charge in [0, 0.05) is 35.4 Å². The van der Waals surface area contributed by atoms with Crippen molar-refractivity contribution in [1.82, 2.24) is 4.98 Å². The normalized spacial score (nSPS) is 10.6. The third-order valence-electron chi connectivity index (χ3n) is 2.33. The van der Waals surface area contributed by atoms with Gasteiger partial charge >= 0.3 is 0 Å². The molecule has 1 heterocycles. The van der Waals surface area contributed by atoms with E-state index in [9.17, 15) is 0 Å². The number of pyridine rings is 1. The molecule has 0 spiro atoms. The zero-order valence-electron chi connectivity index (χ0n) is 9.03. The first kappa shape index (κ1) is 11.4. The number of halogens is 1. The molecule has 0 amide bonds. The number of rotatable bonds is 4. The molecule has 0 saturated heterocycles. The van der Waals surface area contributed by atoms with Crippen LogP contribution in [0.1, 0.15) is 0 Å². The largest absolute Gasteiger partial charge is 0.383 e. The van der Waals surface area contributed by atoms with E-state index in [4.69, 9.17) is 4.74 Å². The quantitative estimate of drug-likeness (QED) is 0.875. The van der Waals surface area contributed by atoms with Crippen molar-refractivity contribution in [2.45, 2.75) is 0 Å². The van der Waals surface area contributed by atoms with E-state index in [1.807, 2.05) is 24.4 Å². The van der Waals surface area contributed by atoms with E-state index in [0.29, 0.717) is 6.61 Å². The number of hydrogen-bond donors (Lipinski definition) is 1. The molecule has 2 rings (SSSR count). The van der Waals surface area contributed by atoms with Gasteiger partial charge in [-0.2, -0.15) is 0 Å². The molecule has 0 aliphatic rings. The maximum atomic E-state index is 5.01. The van der Waals surface area contributed by atoms with Gasteiger partial charge < -0.3 is 10.1 Å². The van der Waals surface area contributed by atoms with Gasteiger partial charge in [0.25, 0.3) is 0 Å². The highest BCUT2D eigenvalue weighted by molar-refractivity contribution is 9.10. The van der Waals surface area contributed by atoms with E-state index >= 15 is 0 Å². The summed E-state index contributed by atoms with van der Waals surface area (Å²) in [5, 5.41) is 4.45. The Morgan fingerprint density at radius 2 is 2.25 bits per heavy atom. The number of anilines is 1. The van der Waals surface area contributed by atoms with E-state index in [-0.39, 0.29) is 0 Å². The molecule has 84 valence electrons. The first-order valence-electron chi connectivity index (χ1n) is 5.08. The fraction of sp³-hybridized carbons (Fsp3) is 0.250. The molecule has 0 fully saturated rings. The zero-order valence-corrected chi connectivity index (χ0v) is 10.6. The first-order valence-corrected chi connectivity index (χ1v) is 5.87. The van der Waals surface area contributed by atoms with E-state index < -0.39 is 0 Å². The van der Waals surface area contributed by atoms with Crippen LogP contribution in [-0.2, 0) is 4.74 Å². The molecule has 0 aliphatic carbocycles. The number of ether oxygens (including phenoxy) is 1. The Bertz CT molecular complexity index is 487. The number of nitrogens with zero attached hydrogens (tertiary/aromatic N) is 1. The average Bonchev–Trinajstić information content (AvgIpc) is 2.30. The third kappa shape index (κ3) is 2.51. The smallest absolute Gasteiger partial charge is 0.0723 e. The molecule has 0 aliphatic heterocycles. The van der Waals surface area contributed by atoms with Gasteiger partial charge in [0.05, 0.1) is 12.1 Å². The molecule has 3 nitrogen and oxygen atoms in total. The fourth-order valence-corrected chi connectivity index (χ4v) is 1.92. The lowest BCUT2D eigenvalue weighted by atomic mass is 10.2. The van der Waals surface area contributed by atoms with Crippen LogP contribution in [0.2, 0.25) is 0 Å². The monoisotopic (exact) mass is 280 g/mol. The van der Waals surface area contributed by atoms with Crippen LogP contribution >= 0.6 is 15.9 Å². The third-order valence-corrected chi connectivity index (χ3v) is 2.82. The lowest BCUT2D eigenvalue weighted by molar-refractivity contribution is 0.211. The van der Waals surface area contributed by atoms with Gasteiger partial charge in [0.2, 0.25) is 0 Å². The van der Waals surface area contributed by atoms with Gasteiger partial charge in [-0.25, -0.2) is 0 Å². The lowest BCUT2D eigenvalue weighted by Crippen LogP contribution is -2.07. The predicted molar refractivity (Wildman–Crippen MR) is 69.8 cm³/mol. The Morgan fingerprint density at radius 3 is 3.06 bits per heavy atom. The first-order chi connectivity index (χ1) is 7.81. The summed E-state index contributed by atoms with van der Waals surface area (Å²) < 4.78 is 6.07. The molecule has 1 aromatic carbocycles. The number of hydrogen-bond acceptors (Lipinski definition) is 3. The van der Waals surface area contributed by atoms with Crippen LogP contribution in [0, 0.1) is 0 Å². The van der Waals surface area contributed by atoms with Crippen LogP contribution in [0.15, 0.2) is 34.9 Å². The molecule has 2 aromatic rings. The Kier molecular flexibility index (Phi) is 3.74. The number of aromatic nitrogens is 1. The zero-order chi connectivity index (χ0) is 11.4. The Labute approximate surface area is 103 Å². The molecule has 0 unspecified atom stereocenters. The predicted octanol–water partition coefficient (Wildman–Crippen LogP) is 3.06. The van der Waals surface area contributed by atoms with Crippen LogP contribution in [-0.4, -0.2) is 25.2 Å². The van der Waals surface area contributed by atoms with Crippen molar-refractivity contribution in [2.75, 3.05) is 25.6 Å². The van der Waals surface area contributed by atoms with Crippen LogP contribution in [0.25, 0.3) is 10.9 Å². The van der Waals surface area contributed by atoms with Gasteiger partial charge in [-0.15, -0.1) is 0 Å². The molecule has 0 atom stereocenters. The molecule has 0 radical (unpaired) electrons. The molecule has 16 heavy (non-hydrogen) atoms. The molecule has 0 saturated carbocycles. The second-order valence-corrected chi connectivity index (χ2v) is 4.36. The van der Waals surface area contributed by atoms with Gasteiger partial charge in [0.1, 0.15) is 0 Å². The van der Waals surface area contributed by atoms with Crippen molar-refractivity contribution in [2.24, 2.45) is 0 Å². The summed E-state index contributed by atoms with van der Waals surface area (Å²) in [7, 11) is 1.70. The highest BCUT2D eigenvalue weighted by atomic mass is 79.9. The van der Waals surface area contributed by atoms with Crippen LogP contribution in [0.4, 0.5) is 5.69 Å². The summed E-state index contributed by atoms with van der Waals surface area (Å²) >= 11 is 3.47. The molecule has 4 heteroatoms.